The molecule has 2 N–H and O–H groups in total. The van der Waals surface area contributed by atoms with Crippen LogP contribution in [0, 0.1) is 17.7 Å². The third kappa shape index (κ3) is 1.82. The molecule has 0 radical (unpaired) electrons. The zero-order chi connectivity index (χ0) is 19.9. The molecular weight excluding hydrogens is 373 g/mol. The number of fused-ring (bicyclic) bond motifs is 7. The third-order valence-corrected chi connectivity index (χ3v) is 7.22. The first-order chi connectivity index (χ1) is 14.1. The van der Waals surface area contributed by atoms with E-state index in [1.54, 1.807) is 6.07 Å². The smallest absolute Gasteiger partial charge is 0.291 e. The number of carbonyl (C=O) groups is 3. The van der Waals surface area contributed by atoms with Crippen molar-refractivity contribution in [3.05, 3.63) is 59.9 Å². The molecule has 1 unspecified atom stereocenters. The summed E-state index contributed by atoms with van der Waals surface area (Å²) in [4.78, 5) is 42.5. The van der Waals surface area contributed by atoms with E-state index in [9.17, 15) is 18.8 Å². The molecule has 6 nitrogen and oxygen atoms in total. The van der Waals surface area contributed by atoms with Crippen molar-refractivity contribution >= 4 is 29.1 Å². The summed E-state index contributed by atoms with van der Waals surface area (Å²) in [5.74, 6) is -3.14. The zero-order valence-corrected chi connectivity index (χ0v) is 15.5. The number of amides is 3. The summed E-state index contributed by atoms with van der Waals surface area (Å²) in [5.41, 5.74) is 0.310. The van der Waals surface area contributed by atoms with Crippen molar-refractivity contribution in [2.75, 3.05) is 16.8 Å². The minimum absolute atomic E-state index is 0.0294. The average molecular weight is 392 g/mol. The van der Waals surface area contributed by atoms with E-state index in [0.717, 1.165) is 34.7 Å². The summed E-state index contributed by atoms with van der Waals surface area (Å²) in [5, 5.41) is 2.94. The van der Waals surface area contributed by atoms with Crippen LogP contribution in [-0.4, -0.2) is 30.3 Å². The SMILES string of the molecule is O=C1[C@H]2[C@@H](C(=O)N1c1ccccc1F)[C@]1(C(=O)Nc3ccccc31)[NH+]1CCC[C@@H]21. The van der Waals surface area contributed by atoms with Crippen LogP contribution in [0.1, 0.15) is 18.4 Å². The molecule has 3 saturated heterocycles. The third-order valence-electron chi connectivity index (χ3n) is 7.22. The number of imide groups is 1. The number of quaternary nitrogens is 1. The number of carbonyl (C=O) groups excluding carboxylic acids is 3. The summed E-state index contributed by atoms with van der Waals surface area (Å²) < 4.78 is 14.5. The molecule has 1 spiro atoms. The molecule has 4 aliphatic rings. The van der Waals surface area contributed by atoms with Crippen molar-refractivity contribution in [1.82, 2.24) is 0 Å². The Bertz CT molecular complexity index is 1100. The van der Waals surface area contributed by atoms with Crippen molar-refractivity contribution in [3.63, 3.8) is 0 Å². The molecule has 5 atom stereocenters. The van der Waals surface area contributed by atoms with E-state index in [2.05, 4.69) is 5.32 Å². The molecule has 4 heterocycles. The number of halogens is 1. The highest BCUT2D eigenvalue weighted by Gasteiger charge is 2.78. The minimum atomic E-state index is -1.13. The standard InChI is InChI=1S/C22H18FN3O3/c23-13-7-2-4-9-15(13)26-19(27)17-16-10-5-11-25(16)22(18(17)20(26)28)12-6-1-3-8-14(12)24-21(22)29/h1-4,6-9,16-18H,5,10-11H2,(H,24,29)/p+1/t16-,17+,18-,22+/m0/s1. The monoisotopic (exact) mass is 392 g/mol. The zero-order valence-electron chi connectivity index (χ0n) is 15.5. The van der Waals surface area contributed by atoms with Crippen LogP contribution in [0.3, 0.4) is 0 Å². The van der Waals surface area contributed by atoms with E-state index < -0.39 is 29.1 Å². The van der Waals surface area contributed by atoms with Crippen LogP contribution >= 0.6 is 0 Å². The lowest BCUT2D eigenvalue weighted by Crippen LogP contribution is -3.19. The molecule has 2 aromatic carbocycles. The number of hydrogen-bond donors (Lipinski definition) is 2. The number of para-hydroxylation sites is 2. The molecule has 7 heteroatoms. The highest BCUT2D eigenvalue weighted by molar-refractivity contribution is 6.25. The predicted molar refractivity (Wildman–Crippen MR) is 101 cm³/mol. The van der Waals surface area contributed by atoms with E-state index in [4.69, 9.17) is 0 Å². The summed E-state index contributed by atoms with van der Waals surface area (Å²) in [6.07, 6.45) is 1.67. The molecule has 0 aromatic heterocycles. The van der Waals surface area contributed by atoms with Gasteiger partial charge in [0.2, 0.25) is 17.4 Å². The van der Waals surface area contributed by atoms with Gasteiger partial charge in [-0.05, 0) is 18.2 Å². The van der Waals surface area contributed by atoms with E-state index in [1.165, 1.54) is 18.2 Å². The number of rotatable bonds is 1. The highest BCUT2D eigenvalue weighted by Crippen LogP contribution is 2.52. The van der Waals surface area contributed by atoms with Crippen LogP contribution < -0.4 is 15.1 Å². The van der Waals surface area contributed by atoms with Gasteiger partial charge in [-0.2, -0.15) is 0 Å². The Hall–Kier alpha value is -3.06. The lowest BCUT2D eigenvalue weighted by Gasteiger charge is -2.33. The van der Waals surface area contributed by atoms with Gasteiger partial charge in [0, 0.05) is 18.4 Å². The van der Waals surface area contributed by atoms with Crippen molar-refractivity contribution < 1.29 is 23.7 Å². The summed E-state index contributed by atoms with van der Waals surface area (Å²) in [7, 11) is 0. The molecule has 0 aliphatic carbocycles. The lowest BCUT2D eigenvalue weighted by atomic mass is 9.75. The predicted octanol–water partition coefficient (Wildman–Crippen LogP) is 0.840. The van der Waals surface area contributed by atoms with Crippen molar-refractivity contribution in [2.45, 2.75) is 24.4 Å². The van der Waals surface area contributed by atoms with Crippen molar-refractivity contribution in [2.24, 2.45) is 11.8 Å². The highest BCUT2D eigenvalue weighted by atomic mass is 19.1. The molecule has 2 aromatic rings. The van der Waals surface area contributed by atoms with E-state index >= 15 is 0 Å². The lowest BCUT2D eigenvalue weighted by molar-refractivity contribution is -0.948. The van der Waals surface area contributed by atoms with Crippen LogP contribution in [-0.2, 0) is 19.9 Å². The molecular formula is C22H19FN3O3+. The molecule has 3 fully saturated rings. The number of benzene rings is 2. The van der Waals surface area contributed by atoms with Crippen molar-refractivity contribution in [1.29, 1.82) is 0 Å². The molecule has 0 saturated carbocycles. The summed E-state index contributed by atoms with van der Waals surface area (Å²) in [6, 6.07) is 13.1. The Labute approximate surface area is 166 Å². The number of nitrogens with one attached hydrogen (secondary N) is 2. The quantitative estimate of drug-likeness (QED) is 0.707. The molecule has 146 valence electrons. The molecule has 4 aliphatic heterocycles. The maximum absolute atomic E-state index is 14.5. The van der Waals surface area contributed by atoms with Gasteiger partial charge in [-0.1, -0.05) is 30.3 Å². The van der Waals surface area contributed by atoms with Gasteiger partial charge in [-0.25, -0.2) is 9.29 Å². The fraction of sp³-hybridized carbons (Fsp3) is 0.318. The Morgan fingerprint density at radius 3 is 2.62 bits per heavy atom. The number of anilines is 2. The number of hydrogen-bond acceptors (Lipinski definition) is 3. The first kappa shape index (κ1) is 16.9. The number of nitrogens with zero attached hydrogens (tertiary/aromatic N) is 1. The largest absolute Gasteiger partial charge is 0.320 e. The van der Waals surface area contributed by atoms with Crippen LogP contribution in [0.5, 0.6) is 0 Å². The van der Waals surface area contributed by atoms with Gasteiger partial charge < -0.3 is 10.2 Å². The van der Waals surface area contributed by atoms with Gasteiger partial charge in [0.1, 0.15) is 23.7 Å². The maximum atomic E-state index is 14.5. The van der Waals surface area contributed by atoms with Gasteiger partial charge in [0.15, 0.2) is 0 Å². The van der Waals surface area contributed by atoms with E-state index in [1.807, 2.05) is 24.3 Å². The van der Waals surface area contributed by atoms with Crippen LogP contribution in [0.15, 0.2) is 48.5 Å². The second-order valence-electron chi connectivity index (χ2n) is 8.30. The maximum Gasteiger partial charge on any atom is 0.291 e. The average Bonchev–Trinajstić information content (AvgIpc) is 3.41. The summed E-state index contributed by atoms with van der Waals surface area (Å²) in [6.45, 7) is 0.736. The molecule has 6 rings (SSSR count). The fourth-order valence-corrected chi connectivity index (χ4v) is 6.29. The van der Waals surface area contributed by atoms with Gasteiger partial charge in [0.05, 0.1) is 17.9 Å². The molecule has 29 heavy (non-hydrogen) atoms. The van der Waals surface area contributed by atoms with Gasteiger partial charge in [-0.3, -0.25) is 14.4 Å². The Balaban J connectivity index is 1.58. The van der Waals surface area contributed by atoms with Crippen LogP contribution in [0.4, 0.5) is 15.8 Å². The van der Waals surface area contributed by atoms with Crippen LogP contribution in [0.2, 0.25) is 0 Å². The Kier molecular flexibility index (Phi) is 3.20. The molecule has 3 amide bonds. The van der Waals surface area contributed by atoms with E-state index in [0.29, 0.717) is 5.69 Å². The van der Waals surface area contributed by atoms with Gasteiger partial charge in [-0.15, -0.1) is 0 Å². The topological polar surface area (TPSA) is 70.9 Å². The Morgan fingerprint density at radius 2 is 1.79 bits per heavy atom. The second kappa shape index (κ2) is 5.51. The van der Waals surface area contributed by atoms with E-state index in [-0.39, 0.29) is 23.5 Å². The minimum Gasteiger partial charge on any atom is -0.320 e. The first-order valence-corrected chi connectivity index (χ1v) is 9.96. The second-order valence-corrected chi connectivity index (χ2v) is 8.30. The Morgan fingerprint density at radius 1 is 1.03 bits per heavy atom. The normalized spacial score (nSPS) is 34.5. The summed E-state index contributed by atoms with van der Waals surface area (Å²) >= 11 is 0. The first-order valence-electron chi connectivity index (χ1n) is 9.96. The molecule has 0 bridgehead atoms. The van der Waals surface area contributed by atoms with Gasteiger partial charge >= 0.3 is 0 Å². The van der Waals surface area contributed by atoms with Crippen molar-refractivity contribution in [3.8, 4) is 0 Å². The van der Waals surface area contributed by atoms with Crippen LogP contribution in [0.25, 0.3) is 0 Å². The van der Waals surface area contributed by atoms with Gasteiger partial charge in [0.25, 0.3) is 5.91 Å². The fourth-order valence-electron chi connectivity index (χ4n) is 6.29.